The van der Waals surface area contributed by atoms with Crippen LogP contribution in [0.15, 0.2) is 53.5 Å². The van der Waals surface area contributed by atoms with Crippen molar-refractivity contribution in [3.8, 4) is 0 Å². The Labute approximate surface area is 109 Å². The highest BCUT2D eigenvalue weighted by molar-refractivity contribution is 5.84. The van der Waals surface area contributed by atoms with Crippen LogP contribution >= 0.6 is 0 Å². The highest BCUT2D eigenvalue weighted by atomic mass is 19.4. The van der Waals surface area contributed by atoms with Crippen molar-refractivity contribution in [2.45, 2.75) is 13.1 Å². The van der Waals surface area contributed by atoms with E-state index in [-0.39, 0.29) is 11.1 Å². The number of rotatable bonds is 2. The van der Waals surface area contributed by atoms with E-state index in [0.29, 0.717) is 5.69 Å². The van der Waals surface area contributed by atoms with Gasteiger partial charge in [-0.1, -0.05) is 36.4 Å². The summed E-state index contributed by atoms with van der Waals surface area (Å²) in [5.74, 6) is 0. The molecule has 98 valence electrons. The van der Waals surface area contributed by atoms with Gasteiger partial charge in [0.15, 0.2) is 0 Å². The highest BCUT2D eigenvalue weighted by Crippen LogP contribution is 2.34. The molecule has 2 rings (SSSR count). The molecular formula is C15H12F3N. The van der Waals surface area contributed by atoms with Gasteiger partial charge >= 0.3 is 6.18 Å². The predicted molar refractivity (Wildman–Crippen MR) is 69.9 cm³/mol. The summed E-state index contributed by atoms with van der Waals surface area (Å²) < 4.78 is 38.9. The standard InChI is InChI=1S/C15H12F3N/c1-11-6-5-7-12(14(11)15(16,17)18)10-19-13-8-3-2-4-9-13/h2-10H,1H3/b19-10-. The molecule has 0 aromatic heterocycles. The third kappa shape index (κ3) is 3.22. The number of para-hydroxylation sites is 1. The minimum absolute atomic E-state index is 0.0800. The Kier molecular flexibility index (Phi) is 3.69. The van der Waals surface area contributed by atoms with Crippen molar-refractivity contribution < 1.29 is 13.2 Å². The van der Waals surface area contributed by atoms with Crippen LogP contribution in [-0.4, -0.2) is 6.21 Å². The molecule has 2 aromatic rings. The summed E-state index contributed by atoms with van der Waals surface area (Å²) in [4.78, 5) is 4.07. The zero-order valence-electron chi connectivity index (χ0n) is 10.3. The molecule has 0 fully saturated rings. The number of alkyl halides is 3. The van der Waals surface area contributed by atoms with Crippen LogP contribution in [-0.2, 0) is 6.18 Å². The molecule has 0 saturated heterocycles. The Bertz CT molecular complexity index is 586. The number of aliphatic imine (C=N–C) groups is 1. The SMILES string of the molecule is Cc1cccc(/C=N\c2ccccc2)c1C(F)(F)F. The average Bonchev–Trinajstić information content (AvgIpc) is 2.36. The average molecular weight is 263 g/mol. The first-order chi connectivity index (χ1) is 8.98. The minimum atomic E-state index is -4.37. The smallest absolute Gasteiger partial charge is 0.256 e. The molecule has 19 heavy (non-hydrogen) atoms. The zero-order valence-corrected chi connectivity index (χ0v) is 10.3. The normalized spacial score (nSPS) is 12.0. The van der Waals surface area contributed by atoms with E-state index >= 15 is 0 Å². The monoisotopic (exact) mass is 263 g/mol. The van der Waals surface area contributed by atoms with Gasteiger partial charge < -0.3 is 0 Å². The van der Waals surface area contributed by atoms with E-state index in [1.807, 2.05) is 6.07 Å². The number of halogens is 3. The van der Waals surface area contributed by atoms with Gasteiger partial charge in [0, 0.05) is 11.8 Å². The second-order valence-electron chi connectivity index (χ2n) is 4.13. The second kappa shape index (κ2) is 5.26. The lowest BCUT2D eigenvalue weighted by molar-refractivity contribution is -0.138. The van der Waals surface area contributed by atoms with Crippen LogP contribution in [0.1, 0.15) is 16.7 Å². The molecule has 0 amide bonds. The van der Waals surface area contributed by atoms with E-state index in [0.717, 1.165) is 0 Å². The first-order valence-electron chi connectivity index (χ1n) is 5.74. The summed E-state index contributed by atoms with van der Waals surface area (Å²) in [5.41, 5.74) is 0.271. The molecule has 0 aliphatic heterocycles. The Morgan fingerprint density at radius 3 is 2.26 bits per heavy atom. The van der Waals surface area contributed by atoms with Crippen molar-refractivity contribution in [1.29, 1.82) is 0 Å². The van der Waals surface area contributed by atoms with Crippen LogP contribution in [0.4, 0.5) is 18.9 Å². The van der Waals surface area contributed by atoms with Gasteiger partial charge in [0.05, 0.1) is 11.3 Å². The van der Waals surface area contributed by atoms with Crippen LogP contribution in [0.5, 0.6) is 0 Å². The van der Waals surface area contributed by atoms with Gasteiger partial charge in [0.2, 0.25) is 0 Å². The van der Waals surface area contributed by atoms with Crippen LogP contribution in [0.2, 0.25) is 0 Å². The lowest BCUT2D eigenvalue weighted by Gasteiger charge is -2.12. The second-order valence-corrected chi connectivity index (χ2v) is 4.13. The van der Waals surface area contributed by atoms with Gasteiger partial charge in [-0.25, -0.2) is 0 Å². The molecule has 0 bridgehead atoms. The summed E-state index contributed by atoms with van der Waals surface area (Å²) in [6, 6.07) is 13.3. The van der Waals surface area contributed by atoms with Crippen LogP contribution < -0.4 is 0 Å². The van der Waals surface area contributed by atoms with Gasteiger partial charge in [-0.2, -0.15) is 13.2 Å². The predicted octanol–water partition coefficient (Wildman–Crippen LogP) is 4.76. The molecule has 2 aromatic carbocycles. The van der Waals surface area contributed by atoms with Crippen molar-refractivity contribution in [3.63, 3.8) is 0 Å². The van der Waals surface area contributed by atoms with Crippen molar-refractivity contribution in [2.75, 3.05) is 0 Å². The molecule has 4 heteroatoms. The molecule has 0 unspecified atom stereocenters. The van der Waals surface area contributed by atoms with Gasteiger partial charge in [-0.3, -0.25) is 4.99 Å². The van der Waals surface area contributed by atoms with E-state index < -0.39 is 11.7 Å². The quantitative estimate of drug-likeness (QED) is 0.692. The largest absolute Gasteiger partial charge is 0.417 e. The van der Waals surface area contributed by atoms with Gasteiger partial charge in [-0.15, -0.1) is 0 Å². The molecule has 0 radical (unpaired) electrons. The summed E-state index contributed by atoms with van der Waals surface area (Å²) in [6.07, 6.45) is -3.12. The van der Waals surface area contributed by atoms with Gasteiger partial charge in [-0.05, 0) is 24.6 Å². The fourth-order valence-corrected chi connectivity index (χ4v) is 1.84. The first kappa shape index (κ1) is 13.3. The minimum Gasteiger partial charge on any atom is -0.256 e. The lowest BCUT2D eigenvalue weighted by Crippen LogP contribution is -2.11. The van der Waals surface area contributed by atoms with Crippen molar-refractivity contribution in [1.82, 2.24) is 0 Å². The third-order valence-electron chi connectivity index (χ3n) is 2.70. The molecule has 0 N–H and O–H groups in total. The molecule has 0 saturated carbocycles. The molecule has 0 aliphatic rings. The molecular weight excluding hydrogens is 251 g/mol. The van der Waals surface area contributed by atoms with Gasteiger partial charge in [0.1, 0.15) is 0 Å². The summed E-state index contributed by atoms with van der Waals surface area (Å²) >= 11 is 0. The summed E-state index contributed by atoms with van der Waals surface area (Å²) in [6.45, 7) is 1.45. The molecule has 0 aliphatic carbocycles. The number of hydrogen-bond acceptors (Lipinski definition) is 1. The van der Waals surface area contributed by atoms with Crippen LogP contribution in [0.25, 0.3) is 0 Å². The lowest BCUT2D eigenvalue weighted by atomic mass is 10.0. The summed E-state index contributed by atoms with van der Waals surface area (Å²) in [7, 11) is 0. The van der Waals surface area contributed by atoms with Gasteiger partial charge in [0.25, 0.3) is 0 Å². The maximum atomic E-state index is 13.0. The summed E-state index contributed by atoms with van der Waals surface area (Å²) in [5, 5.41) is 0. The maximum Gasteiger partial charge on any atom is 0.417 e. The molecule has 0 spiro atoms. The van der Waals surface area contributed by atoms with Crippen molar-refractivity contribution in [2.24, 2.45) is 4.99 Å². The van der Waals surface area contributed by atoms with Crippen LogP contribution in [0.3, 0.4) is 0 Å². The Morgan fingerprint density at radius 2 is 1.63 bits per heavy atom. The Morgan fingerprint density at radius 1 is 0.947 bits per heavy atom. The molecule has 0 heterocycles. The van der Waals surface area contributed by atoms with E-state index in [1.54, 1.807) is 30.3 Å². The number of benzene rings is 2. The highest BCUT2D eigenvalue weighted by Gasteiger charge is 2.34. The van der Waals surface area contributed by atoms with E-state index in [1.165, 1.54) is 25.3 Å². The molecule has 0 atom stereocenters. The van der Waals surface area contributed by atoms with E-state index in [9.17, 15) is 13.2 Å². The third-order valence-corrected chi connectivity index (χ3v) is 2.70. The Hall–Kier alpha value is -2.10. The molecule has 1 nitrogen and oxygen atoms in total. The Balaban J connectivity index is 2.41. The van der Waals surface area contributed by atoms with Crippen molar-refractivity contribution >= 4 is 11.9 Å². The number of hydrogen-bond donors (Lipinski definition) is 0. The fraction of sp³-hybridized carbons (Fsp3) is 0.133. The zero-order chi connectivity index (χ0) is 13.9. The topological polar surface area (TPSA) is 12.4 Å². The first-order valence-corrected chi connectivity index (χ1v) is 5.74. The van der Waals surface area contributed by atoms with Crippen molar-refractivity contribution in [3.05, 3.63) is 65.2 Å². The number of aryl methyl sites for hydroxylation is 1. The number of nitrogens with zero attached hydrogens (tertiary/aromatic N) is 1. The van der Waals surface area contributed by atoms with Crippen LogP contribution in [0, 0.1) is 6.92 Å². The van der Waals surface area contributed by atoms with E-state index in [2.05, 4.69) is 4.99 Å². The fourth-order valence-electron chi connectivity index (χ4n) is 1.84. The van der Waals surface area contributed by atoms with E-state index in [4.69, 9.17) is 0 Å². The maximum absolute atomic E-state index is 13.0.